The number of thioether (sulfide) groups is 1. The fourth-order valence-corrected chi connectivity index (χ4v) is 2.62. The van der Waals surface area contributed by atoms with Crippen molar-refractivity contribution in [3.8, 4) is 0 Å². The van der Waals surface area contributed by atoms with E-state index in [2.05, 4.69) is 0 Å². The molecule has 0 heterocycles. The largest absolute Gasteiger partial charge is 0.121 e. The second kappa shape index (κ2) is 5.62. The fraction of sp³-hybridized carbons (Fsp3) is 0.0769. The minimum Gasteiger partial charge on any atom is -0.121 e. The van der Waals surface area contributed by atoms with E-state index in [9.17, 15) is 0 Å². The Labute approximate surface area is 110 Å². The first-order valence-electron chi connectivity index (χ1n) is 4.87. The number of hydrogen-bond donors (Lipinski definition) is 0. The monoisotopic (exact) mass is 268 g/mol. The maximum absolute atomic E-state index is 6.08. The lowest BCUT2D eigenvalue weighted by molar-refractivity contribution is 1.38. The molecule has 0 aliphatic heterocycles. The average Bonchev–Trinajstić information content (AvgIpc) is 2.30. The maximum Gasteiger partial charge on any atom is 0.0446 e. The van der Waals surface area contributed by atoms with Gasteiger partial charge in [-0.25, -0.2) is 0 Å². The van der Waals surface area contributed by atoms with Crippen LogP contribution in [-0.2, 0) is 5.75 Å². The molecule has 0 unspecified atom stereocenters. The number of halogens is 2. The van der Waals surface area contributed by atoms with Crippen molar-refractivity contribution in [3.63, 3.8) is 0 Å². The predicted molar refractivity (Wildman–Crippen MR) is 72.5 cm³/mol. The third kappa shape index (κ3) is 3.18. The van der Waals surface area contributed by atoms with Crippen molar-refractivity contribution in [1.82, 2.24) is 0 Å². The molecule has 0 aromatic heterocycles. The highest BCUT2D eigenvalue weighted by Gasteiger charge is 2.00. The first-order chi connectivity index (χ1) is 7.75. The van der Waals surface area contributed by atoms with Crippen LogP contribution in [0.5, 0.6) is 0 Å². The van der Waals surface area contributed by atoms with Gasteiger partial charge in [-0.3, -0.25) is 0 Å². The van der Waals surface area contributed by atoms with Crippen LogP contribution in [0.25, 0.3) is 0 Å². The summed E-state index contributed by atoms with van der Waals surface area (Å²) >= 11 is 13.7. The van der Waals surface area contributed by atoms with Crippen LogP contribution in [0.3, 0.4) is 0 Å². The van der Waals surface area contributed by atoms with Crippen LogP contribution < -0.4 is 0 Å². The highest BCUT2D eigenvalue weighted by atomic mass is 35.5. The van der Waals surface area contributed by atoms with Crippen molar-refractivity contribution in [1.29, 1.82) is 0 Å². The Hall–Kier alpha value is -0.630. The topological polar surface area (TPSA) is 0 Å². The van der Waals surface area contributed by atoms with Crippen molar-refractivity contribution >= 4 is 35.0 Å². The van der Waals surface area contributed by atoms with Gasteiger partial charge in [-0.1, -0.05) is 41.4 Å². The van der Waals surface area contributed by atoms with Crippen molar-refractivity contribution in [3.05, 3.63) is 64.1 Å². The highest BCUT2D eigenvalue weighted by molar-refractivity contribution is 7.98. The number of rotatable bonds is 3. The fourth-order valence-electron chi connectivity index (χ4n) is 1.31. The maximum atomic E-state index is 6.08. The van der Waals surface area contributed by atoms with Crippen LogP contribution in [0.2, 0.25) is 10.0 Å². The van der Waals surface area contributed by atoms with Gasteiger partial charge in [0.15, 0.2) is 0 Å². The van der Waals surface area contributed by atoms with Crippen LogP contribution >= 0.6 is 35.0 Å². The molecule has 82 valence electrons. The van der Waals surface area contributed by atoms with Crippen LogP contribution in [-0.4, -0.2) is 0 Å². The molecule has 3 heteroatoms. The van der Waals surface area contributed by atoms with E-state index in [-0.39, 0.29) is 0 Å². The molecule has 0 nitrogen and oxygen atoms in total. The van der Waals surface area contributed by atoms with Crippen LogP contribution in [0, 0.1) is 0 Å². The molecule has 0 saturated carbocycles. The zero-order chi connectivity index (χ0) is 11.4. The summed E-state index contributed by atoms with van der Waals surface area (Å²) in [6.07, 6.45) is 0. The lowest BCUT2D eigenvalue weighted by Gasteiger charge is -2.04. The Bertz CT molecular complexity index is 466. The SMILES string of the molecule is Clc1ccc(SCc2ccccc2Cl)cc1. The van der Waals surface area contributed by atoms with Gasteiger partial charge in [-0.05, 0) is 35.9 Å². The molecule has 0 bridgehead atoms. The van der Waals surface area contributed by atoms with Gasteiger partial charge in [-0.15, -0.1) is 11.8 Å². The molecule has 0 saturated heterocycles. The van der Waals surface area contributed by atoms with E-state index in [1.165, 1.54) is 4.90 Å². The summed E-state index contributed by atoms with van der Waals surface area (Å²) < 4.78 is 0. The van der Waals surface area contributed by atoms with Gasteiger partial charge >= 0.3 is 0 Å². The van der Waals surface area contributed by atoms with Gasteiger partial charge in [0.1, 0.15) is 0 Å². The molecule has 16 heavy (non-hydrogen) atoms. The van der Waals surface area contributed by atoms with Crippen molar-refractivity contribution in [2.45, 2.75) is 10.6 Å². The molecule has 2 aromatic rings. The van der Waals surface area contributed by atoms with Gasteiger partial charge in [0, 0.05) is 20.7 Å². The van der Waals surface area contributed by atoms with E-state index in [4.69, 9.17) is 23.2 Å². The smallest absolute Gasteiger partial charge is 0.0446 e. The van der Waals surface area contributed by atoms with E-state index in [1.807, 2.05) is 48.5 Å². The average molecular weight is 269 g/mol. The molecule has 0 radical (unpaired) electrons. The molecule has 0 amide bonds. The third-order valence-electron chi connectivity index (χ3n) is 2.17. The predicted octanol–water partition coefficient (Wildman–Crippen LogP) is 5.29. The number of benzene rings is 2. The lowest BCUT2D eigenvalue weighted by Crippen LogP contribution is -1.81. The molecule has 0 aliphatic carbocycles. The van der Waals surface area contributed by atoms with Crippen molar-refractivity contribution < 1.29 is 0 Å². The molecule has 0 aliphatic rings. The molecule has 0 atom stereocenters. The van der Waals surface area contributed by atoms with Crippen LogP contribution in [0.15, 0.2) is 53.4 Å². The van der Waals surface area contributed by atoms with Gasteiger partial charge < -0.3 is 0 Å². The minimum absolute atomic E-state index is 0.766. The van der Waals surface area contributed by atoms with Gasteiger partial charge in [0.05, 0.1) is 0 Å². The second-order valence-electron chi connectivity index (χ2n) is 3.33. The standard InChI is InChI=1S/C13H10Cl2S/c14-11-5-7-12(8-6-11)16-9-10-3-1-2-4-13(10)15/h1-8H,9H2. The molecule has 2 rings (SSSR count). The lowest BCUT2D eigenvalue weighted by atomic mass is 10.2. The Morgan fingerprint density at radius 2 is 1.56 bits per heavy atom. The Morgan fingerprint density at radius 1 is 0.875 bits per heavy atom. The van der Waals surface area contributed by atoms with Crippen LogP contribution in [0.4, 0.5) is 0 Å². The third-order valence-corrected chi connectivity index (χ3v) is 3.85. The Balaban J connectivity index is 2.02. The summed E-state index contributed by atoms with van der Waals surface area (Å²) in [7, 11) is 0. The first kappa shape index (κ1) is 11.8. The summed E-state index contributed by atoms with van der Waals surface area (Å²) in [5, 5.41) is 1.59. The van der Waals surface area contributed by atoms with E-state index in [1.54, 1.807) is 11.8 Å². The molecular weight excluding hydrogens is 259 g/mol. The summed E-state index contributed by atoms with van der Waals surface area (Å²) in [5.74, 6) is 0.876. The number of hydrogen-bond acceptors (Lipinski definition) is 1. The van der Waals surface area contributed by atoms with Gasteiger partial charge in [0.25, 0.3) is 0 Å². The molecule has 0 N–H and O–H groups in total. The normalized spacial score (nSPS) is 10.4. The van der Waals surface area contributed by atoms with E-state index >= 15 is 0 Å². The van der Waals surface area contributed by atoms with Gasteiger partial charge in [0.2, 0.25) is 0 Å². The molecule has 2 aromatic carbocycles. The highest BCUT2D eigenvalue weighted by Crippen LogP contribution is 2.27. The van der Waals surface area contributed by atoms with Crippen LogP contribution in [0.1, 0.15) is 5.56 Å². The quantitative estimate of drug-likeness (QED) is 0.682. The van der Waals surface area contributed by atoms with Crippen molar-refractivity contribution in [2.75, 3.05) is 0 Å². The van der Waals surface area contributed by atoms with Gasteiger partial charge in [-0.2, -0.15) is 0 Å². The van der Waals surface area contributed by atoms with Crippen molar-refractivity contribution in [2.24, 2.45) is 0 Å². The second-order valence-corrected chi connectivity index (χ2v) is 5.23. The molecule has 0 spiro atoms. The van der Waals surface area contributed by atoms with E-state index in [0.29, 0.717) is 0 Å². The summed E-state index contributed by atoms with van der Waals surface area (Å²) in [5.41, 5.74) is 1.16. The van der Waals surface area contributed by atoms with E-state index < -0.39 is 0 Å². The zero-order valence-electron chi connectivity index (χ0n) is 8.49. The first-order valence-corrected chi connectivity index (χ1v) is 6.61. The Kier molecular flexibility index (Phi) is 4.16. The summed E-state index contributed by atoms with van der Waals surface area (Å²) in [6.45, 7) is 0. The Morgan fingerprint density at radius 3 is 2.25 bits per heavy atom. The van der Waals surface area contributed by atoms with E-state index in [0.717, 1.165) is 21.4 Å². The summed E-state index contributed by atoms with van der Waals surface area (Å²) in [6, 6.07) is 15.7. The molecule has 0 fully saturated rings. The summed E-state index contributed by atoms with van der Waals surface area (Å²) in [4.78, 5) is 1.20. The minimum atomic E-state index is 0.766. The molecular formula is C13H10Cl2S. The zero-order valence-corrected chi connectivity index (χ0v) is 10.8.